The van der Waals surface area contributed by atoms with E-state index < -0.39 is 11.7 Å². The molecule has 1 aromatic rings. The topological polar surface area (TPSA) is 61.9 Å². The van der Waals surface area contributed by atoms with Gasteiger partial charge < -0.3 is 19.9 Å². The molecule has 6 heteroatoms. The summed E-state index contributed by atoms with van der Waals surface area (Å²) in [4.78, 5) is 27.9. The fourth-order valence-corrected chi connectivity index (χ4v) is 2.88. The van der Waals surface area contributed by atoms with Crippen LogP contribution in [0.4, 0.5) is 5.69 Å². The van der Waals surface area contributed by atoms with Crippen LogP contribution in [-0.2, 0) is 14.3 Å². The highest BCUT2D eigenvalue weighted by atomic mass is 16.5. The van der Waals surface area contributed by atoms with Crippen LogP contribution in [0.25, 0.3) is 6.08 Å². The number of hydrogen-bond donors (Lipinski definition) is 1. The molecule has 2 saturated heterocycles. The summed E-state index contributed by atoms with van der Waals surface area (Å²) in [6, 6.07) is 8.05. The molecule has 0 saturated carbocycles. The molecule has 2 aliphatic rings. The molecule has 0 spiro atoms. The van der Waals surface area contributed by atoms with Gasteiger partial charge in [0, 0.05) is 45.0 Å². The van der Waals surface area contributed by atoms with Gasteiger partial charge >= 0.3 is 0 Å². The van der Waals surface area contributed by atoms with Crippen LogP contribution >= 0.6 is 0 Å². The van der Waals surface area contributed by atoms with Gasteiger partial charge in [-0.15, -0.1) is 0 Å². The summed E-state index contributed by atoms with van der Waals surface area (Å²) in [5, 5.41) is 3.33. The Morgan fingerprint density at radius 3 is 2.33 bits per heavy atom. The molecule has 1 aromatic carbocycles. The number of hydrogen-bond acceptors (Lipinski definition) is 5. The van der Waals surface area contributed by atoms with E-state index in [0.29, 0.717) is 26.3 Å². The number of benzene rings is 1. The molecular weight excluding hydrogens is 306 g/mol. The van der Waals surface area contributed by atoms with Crippen molar-refractivity contribution in [2.45, 2.75) is 0 Å². The Balaban J connectivity index is 1.57. The molecule has 0 radical (unpaired) electrons. The Hall–Kier alpha value is -2.18. The van der Waals surface area contributed by atoms with Crippen molar-refractivity contribution in [3.8, 4) is 0 Å². The Bertz CT molecular complexity index is 600. The van der Waals surface area contributed by atoms with Gasteiger partial charge in [-0.2, -0.15) is 0 Å². The molecule has 0 atom stereocenters. The molecule has 6 nitrogen and oxygen atoms in total. The second-order valence-corrected chi connectivity index (χ2v) is 5.93. The van der Waals surface area contributed by atoms with Crippen molar-refractivity contribution in [3.63, 3.8) is 0 Å². The van der Waals surface area contributed by atoms with Gasteiger partial charge in [0.25, 0.3) is 5.91 Å². The maximum Gasteiger partial charge on any atom is 0.294 e. The third-order valence-corrected chi connectivity index (χ3v) is 4.31. The smallest absolute Gasteiger partial charge is 0.294 e. The lowest BCUT2D eigenvalue weighted by molar-refractivity contribution is -0.145. The molecule has 0 bridgehead atoms. The molecular formula is C18H23N3O3. The maximum absolute atomic E-state index is 12.0. The second kappa shape index (κ2) is 8.08. The van der Waals surface area contributed by atoms with E-state index in [4.69, 9.17) is 4.74 Å². The van der Waals surface area contributed by atoms with Crippen molar-refractivity contribution in [1.29, 1.82) is 0 Å². The number of morpholine rings is 1. The number of ketones is 1. The van der Waals surface area contributed by atoms with Crippen molar-refractivity contribution in [2.75, 3.05) is 57.4 Å². The Morgan fingerprint density at radius 2 is 1.67 bits per heavy atom. The number of rotatable bonds is 4. The first-order chi connectivity index (χ1) is 11.7. The Kier molecular flexibility index (Phi) is 5.61. The minimum Gasteiger partial charge on any atom is -0.378 e. The number of ether oxygens (including phenoxy) is 1. The standard InChI is InChI=1S/C18H23N3O3/c22-17(18(23)21-11-13-24-14-12-21)6-3-15-1-4-16(5-2-15)20-9-7-19-8-10-20/h1-6,19H,7-14H2/b6-3+. The summed E-state index contributed by atoms with van der Waals surface area (Å²) in [6.45, 7) is 5.96. The Morgan fingerprint density at radius 1 is 1.00 bits per heavy atom. The first-order valence-electron chi connectivity index (χ1n) is 8.39. The van der Waals surface area contributed by atoms with Gasteiger partial charge in [-0.25, -0.2) is 0 Å². The van der Waals surface area contributed by atoms with Crippen molar-refractivity contribution in [2.24, 2.45) is 0 Å². The number of nitrogens with zero attached hydrogens (tertiary/aromatic N) is 2. The van der Waals surface area contributed by atoms with E-state index in [9.17, 15) is 9.59 Å². The van der Waals surface area contributed by atoms with Gasteiger partial charge in [0.05, 0.1) is 13.2 Å². The van der Waals surface area contributed by atoms with Crippen LogP contribution in [0, 0.1) is 0 Å². The Labute approximate surface area is 142 Å². The molecule has 2 aliphatic heterocycles. The predicted molar refractivity (Wildman–Crippen MR) is 93.0 cm³/mol. The molecule has 2 fully saturated rings. The highest BCUT2D eigenvalue weighted by Gasteiger charge is 2.21. The number of nitrogens with one attached hydrogen (secondary N) is 1. The van der Waals surface area contributed by atoms with E-state index in [2.05, 4.69) is 22.3 Å². The van der Waals surface area contributed by atoms with Crippen molar-refractivity contribution in [3.05, 3.63) is 35.9 Å². The van der Waals surface area contributed by atoms with Crippen LogP contribution < -0.4 is 10.2 Å². The molecule has 24 heavy (non-hydrogen) atoms. The van der Waals surface area contributed by atoms with E-state index in [1.54, 1.807) is 11.0 Å². The predicted octanol–water partition coefficient (Wildman–Crippen LogP) is 0.537. The van der Waals surface area contributed by atoms with Crippen LogP contribution in [0.3, 0.4) is 0 Å². The van der Waals surface area contributed by atoms with Crippen molar-refractivity contribution < 1.29 is 14.3 Å². The first kappa shape index (κ1) is 16.7. The third kappa shape index (κ3) is 4.21. The summed E-state index contributed by atoms with van der Waals surface area (Å²) < 4.78 is 5.19. The quantitative estimate of drug-likeness (QED) is 0.645. The van der Waals surface area contributed by atoms with Crippen LogP contribution in [0.1, 0.15) is 5.56 Å². The first-order valence-corrected chi connectivity index (χ1v) is 8.39. The lowest BCUT2D eigenvalue weighted by Gasteiger charge is -2.29. The number of carbonyl (C=O) groups is 2. The van der Waals surface area contributed by atoms with E-state index in [0.717, 1.165) is 31.7 Å². The maximum atomic E-state index is 12.0. The van der Waals surface area contributed by atoms with Crippen molar-refractivity contribution in [1.82, 2.24) is 10.2 Å². The zero-order valence-electron chi connectivity index (χ0n) is 13.7. The largest absolute Gasteiger partial charge is 0.378 e. The molecule has 3 rings (SSSR count). The highest BCUT2D eigenvalue weighted by molar-refractivity contribution is 6.41. The minimum atomic E-state index is -0.483. The highest BCUT2D eigenvalue weighted by Crippen LogP contribution is 2.16. The van der Waals surface area contributed by atoms with Gasteiger partial charge in [-0.1, -0.05) is 18.2 Å². The molecule has 1 amide bonds. The summed E-state index contributed by atoms with van der Waals surface area (Å²) in [7, 11) is 0. The lowest BCUT2D eigenvalue weighted by atomic mass is 10.1. The van der Waals surface area contributed by atoms with Crippen molar-refractivity contribution >= 4 is 23.5 Å². The zero-order valence-corrected chi connectivity index (χ0v) is 13.7. The van der Waals surface area contributed by atoms with Crippen LogP contribution in [-0.4, -0.2) is 69.1 Å². The van der Waals surface area contributed by atoms with Gasteiger partial charge in [0.15, 0.2) is 0 Å². The van der Waals surface area contributed by atoms with Gasteiger partial charge in [0.1, 0.15) is 0 Å². The van der Waals surface area contributed by atoms with Crippen LogP contribution in [0.15, 0.2) is 30.3 Å². The molecule has 0 aliphatic carbocycles. The monoisotopic (exact) mass is 329 g/mol. The van der Waals surface area contributed by atoms with E-state index >= 15 is 0 Å². The molecule has 2 heterocycles. The summed E-state index contributed by atoms with van der Waals surface area (Å²) >= 11 is 0. The summed E-state index contributed by atoms with van der Waals surface area (Å²) in [6.07, 6.45) is 3.06. The third-order valence-electron chi connectivity index (χ3n) is 4.31. The fourth-order valence-electron chi connectivity index (χ4n) is 2.88. The van der Waals surface area contributed by atoms with Gasteiger partial charge in [0.2, 0.25) is 5.78 Å². The molecule has 1 N–H and O–H groups in total. The number of anilines is 1. The van der Waals surface area contributed by atoms with Gasteiger partial charge in [-0.05, 0) is 23.8 Å². The fraction of sp³-hybridized carbons (Fsp3) is 0.444. The van der Waals surface area contributed by atoms with Crippen LogP contribution in [0.2, 0.25) is 0 Å². The number of amides is 1. The van der Waals surface area contributed by atoms with E-state index in [1.165, 1.54) is 11.8 Å². The zero-order chi connectivity index (χ0) is 16.8. The normalized spacial score (nSPS) is 18.8. The van der Waals surface area contributed by atoms with Gasteiger partial charge in [-0.3, -0.25) is 9.59 Å². The number of carbonyl (C=O) groups excluding carboxylic acids is 2. The lowest BCUT2D eigenvalue weighted by Crippen LogP contribution is -2.43. The average Bonchev–Trinajstić information content (AvgIpc) is 2.67. The van der Waals surface area contributed by atoms with E-state index in [1.807, 2.05) is 12.1 Å². The second-order valence-electron chi connectivity index (χ2n) is 5.93. The van der Waals surface area contributed by atoms with Crippen LogP contribution in [0.5, 0.6) is 0 Å². The minimum absolute atomic E-state index is 0.452. The van der Waals surface area contributed by atoms with E-state index in [-0.39, 0.29) is 0 Å². The number of piperazine rings is 1. The molecule has 128 valence electrons. The summed E-state index contributed by atoms with van der Waals surface area (Å²) in [5.41, 5.74) is 2.10. The summed E-state index contributed by atoms with van der Waals surface area (Å²) in [5.74, 6) is -0.935. The molecule has 0 unspecified atom stereocenters. The SMILES string of the molecule is O=C(/C=C/c1ccc(N2CCNCC2)cc1)C(=O)N1CCOCC1. The average molecular weight is 329 g/mol. The molecule has 0 aromatic heterocycles.